The standard InChI is InChI=1S/C11H10F4N4S2/c1-6-3-7(12)8(19-10(20)18(2)16-17-19)4-9(6)21-5-11(13,14)15/h3-4H,5H2,1-2H3. The lowest BCUT2D eigenvalue weighted by Gasteiger charge is -2.11. The molecule has 0 spiro atoms. The van der Waals surface area contributed by atoms with Crippen LogP contribution in [0, 0.1) is 17.5 Å². The molecule has 10 heteroatoms. The van der Waals surface area contributed by atoms with Crippen LogP contribution in [0.1, 0.15) is 5.56 Å². The highest BCUT2D eigenvalue weighted by molar-refractivity contribution is 7.99. The Labute approximate surface area is 126 Å². The van der Waals surface area contributed by atoms with Crippen molar-refractivity contribution in [2.24, 2.45) is 7.05 Å². The first-order valence-electron chi connectivity index (χ1n) is 5.68. The Hall–Kier alpha value is -1.42. The van der Waals surface area contributed by atoms with Gasteiger partial charge in [0.1, 0.15) is 11.5 Å². The van der Waals surface area contributed by atoms with Gasteiger partial charge in [0.25, 0.3) is 0 Å². The van der Waals surface area contributed by atoms with Gasteiger partial charge in [-0.2, -0.15) is 17.9 Å². The molecule has 0 bridgehead atoms. The molecule has 0 N–H and O–H groups in total. The Balaban J connectivity index is 2.44. The van der Waals surface area contributed by atoms with Gasteiger partial charge >= 0.3 is 6.18 Å². The van der Waals surface area contributed by atoms with E-state index >= 15 is 0 Å². The topological polar surface area (TPSA) is 35.6 Å². The highest BCUT2D eigenvalue weighted by Gasteiger charge is 2.28. The SMILES string of the molecule is Cc1cc(F)c(-n2nnn(C)c2=S)cc1SCC(F)(F)F. The Morgan fingerprint density at radius 3 is 2.48 bits per heavy atom. The monoisotopic (exact) mass is 338 g/mol. The predicted octanol–water partition coefficient (Wildman–Crippen LogP) is 3.44. The average molecular weight is 338 g/mol. The average Bonchev–Trinajstić information content (AvgIpc) is 2.68. The van der Waals surface area contributed by atoms with E-state index in [2.05, 4.69) is 10.4 Å². The van der Waals surface area contributed by atoms with E-state index in [1.54, 1.807) is 6.92 Å². The van der Waals surface area contributed by atoms with Gasteiger partial charge in [-0.1, -0.05) is 0 Å². The van der Waals surface area contributed by atoms with Crippen LogP contribution in [0.2, 0.25) is 0 Å². The van der Waals surface area contributed by atoms with E-state index in [0.29, 0.717) is 22.2 Å². The molecule has 0 amide bonds. The lowest BCUT2D eigenvalue weighted by molar-refractivity contribution is -0.105. The number of rotatable bonds is 3. The summed E-state index contributed by atoms with van der Waals surface area (Å²) in [5, 5.41) is 7.32. The molecular weight excluding hydrogens is 328 g/mol. The second-order valence-electron chi connectivity index (χ2n) is 4.27. The maximum Gasteiger partial charge on any atom is 0.398 e. The molecule has 0 atom stereocenters. The Kier molecular flexibility index (Phi) is 4.38. The van der Waals surface area contributed by atoms with Crippen LogP contribution < -0.4 is 0 Å². The predicted molar refractivity (Wildman–Crippen MR) is 72.6 cm³/mol. The number of alkyl halides is 3. The van der Waals surface area contributed by atoms with Crippen LogP contribution in [0.5, 0.6) is 0 Å². The summed E-state index contributed by atoms with van der Waals surface area (Å²) in [5.41, 5.74) is 0.393. The fourth-order valence-corrected chi connectivity index (χ4v) is 2.56. The number of nitrogens with zero attached hydrogens (tertiary/aromatic N) is 4. The molecular formula is C11H10F4N4S2. The molecule has 0 radical (unpaired) electrons. The minimum atomic E-state index is -4.30. The second kappa shape index (κ2) is 5.76. The molecule has 0 saturated heterocycles. The van der Waals surface area contributed by atoms with E-state index in [-0.39, 0.29) is 10.5 Å². The van der Waals surface area contributed by atoms with Crippen molar-refractivity contribution in [3.05, 3.63) is 28.3 Å². The van der Waals surface area contributed by atoms with Crippen LogP contribution in [0.15, 0.2) is 17.0 Å². The highest BCUT2D eigenvalue weighted by Crippen LogP contribution is 2.31. The number of tetrazole rings is 1. The summed E-state index contributed by atoms with van der Waals surface area (Å²) >= 11 is 5.61. The molecule has 2 rings (SSSR count). The van der Waals surface area contributed by atoms with Crippen LogP contribution in [0.25, 0.3) is 5.69 Å². The van der Waals surface area contributed by atoms with Gasteiger partial charge < -0.3 is 0 Å². The summed E-state index contributed by atoms with van der Waals surface area (Å²) in [6.45, 7) is 1.54. The van der Waals surface area contributed by atoms with Gasteiger partial charge in [-0.3, -0.25) is 0 Å². The molecule has 1 aromatic carbocycles. The maximum absolute atomic E-state index is 14.0. The van der Waals surface area contributed by atoms with E-state index in [1.807, 2.05) is 0 Å². The van der Waals surface area contributed by atoms with Crippen LogP contribution in [-0.4, -0.2) is 31.7 Å². The van der Waals surface area contributed by atoms with Crippen molar-refractivity contribution in [1.82, 2.24) is 19.8 Å². The van der Waals surface area contributed by atoms with Crippen LogP contribution >= 0.6 is 24.0 Å². The molecule has 114 valence electrons. The Bertz CT molecular complexity index is 720. The van der Waals surface area contributed by atoms with Crippen molar-refractivity contribution in [2.45, 2.75) is 18.0 Å². The molecule has 1 aromatic heterocycles. The fraction of sp³-hybridized carbons (Fsp3) is 0.364. The number of hydrogen-bond acceptors (Lipinski definition) is 4. The smallest absolute Gasteiger partial charge is 0.221 e. The molecule has 21 heavy (non-hydrogen) atoms. The van der Waals surface area contributed by atoms with Crippen LogP contribution in [0.3, 0.4) is 0 Å². The summed E-state index contributed by atoms with van der Waals surface area (Å²) in [6.07, 6.45) is -4.30. The van der Waals surface area contributed by atoms with Crippen molar-refractivity contribution in [1.29, 1.82) is 0 Å². The first kappa shape index (κ1) is 16.0. The molecule has 0 unspecified atom stereocenters. The van der Waals surface area contributed by atoms with Crippen molar-refractivity contribution in [3.63, 3.8) is 0 Å². The van der Waals surface area contributed by atoms with Crippen molar-refractivity contribution >= 4 is 24.0 Å². The molecule has 4 nitrogen and oxygen atoms in total. The van der Waals surface area contributed by atoms with E-state index in [1.165, 1.54) is 17.8 Å². The molecule has 1 heterocycles. The Morgan fingerprint density at radius 1 is 1.29 bits per heavy atom. The van der Waals surface area contributed by atoms with E-state index in [0.717, 1.165) is 10.7 Å². The molecule has 2 aromatic rings. The number of hydrogen-bond donors (Lipinski definition) is 0. The maximum atomic E-state index is 14.0. The molecule has 0 fully saturated rings. The summed E-state index contributed by atoms with van der Waals surface area (Å²) in [7, 11) is 1.54. The van der Waals surface area contributed by atoms with E-state index in [4.69, 9.17) is 12.2 Å². The minimum absolute atomic E-state index is 0.0247. The molecule has 0 aliphatic rings. The number of aromatic nitrogens is 4. The molecule has 0 aliphatic heterocycles. The third kappa shape index (κ3) is 3.62. The van der Waals surface area contributed by atoms with Gasteiger partial charge in [-0.25, -0.2) is 9.07 Å². The number of thioether (sulfide) groups is 1. The fourth-order valence-electron chi connectivity index (χ4n) is 1.58. The minimum Gasteiger partial charge on any atom is -0.221 e. The zero-order chi connectivity index (χ0) is 15.8. The quantitative estimate of drug-likeness (QED) is 0.488. The highest BCUT2D eigenvalue weighted by atomic mass is 32.2. The second-order valence-corrected chi connectivity index (χ2v) is 5.65. The zero-order valence-electron chi connectivity index (χ0n) is 11.0. The Morgan fingerprint density at radius 2 is 1.95 bits per heavy atom. The normalized spacial score (nSPS) is 11.9. The summed E-state index contributed by atoms with van der Waals surface area (Å²) in [5.74, 6) is -1.68. The number of halogens is 4. The lowest BCUT2D eigenvalue weighted by Crippen LogP contribution is -2.11. The number of benzene rings is 1. The summed E-state index contributed by atoms with van der Waals surface area (Å²) < 4.78 is 53.4. The van der Waals surface area contributed by atoms with Gasteiger partial charge in [0.05, 0.1) is 5.75 Å². The van der Waals surface area contributed by atoms with Crippen molar-refractivity contribution < 1.29 is 17.6 Å². The summed E-state index contributed by atoms with van der Waals surface area (Å²) in [4.78, 5) is 0.316. The van der Waals surface area contributed by atoms with Crippen molar-refractivity contribution in [3.8, 4) is 5.69 Å². The molecule has 0 saturated carbocycles. The van der Waals surface area contributed by atoms with E-state index in [9.17, 15) is 17.6 Å². The third-order valence-electron chi connectivity index (χ3n) is 2.59. The summed E-state index contributed by atoms with van der Waals surface area (Å²) in [6, 6.07) is 2.45. The van der Waals surface area contributed by atoms with Gasteiger partial charge in [0.2, 0.25) is 4.77 Å². The largest absolute Gasteiger partial charge is 0.398 e. The first-order valence-corrected chi connectivity index (χ1v) is 7.07. The molecule has 0 aliphatic carbocycles. The van der Waals surface area contributed by atoms with Crippen LogP contribution in [0.4, 0.5) is 17.6 Å². The third-order valence-corrected chi connectivity index (χ3v) is 4.25. The number of aryl methyl sites for hydroxylation is 2. The van der Waals surface area contributed by atoms with Gasteiger partial charge in [-0.05, 0) is 47.3 Å². The van der Waals surface area contributed by atoms with Gasteiger partial charge in [-0.15, -0.1) is 11.8 Å². The zero-order valence-corrected chi connectivity index (χ0v) is 12.6. The first-order chi connectivity index (χ1) is 9.69. The van der Waals surface area contributed by atoms with Crippen molar-refractivity contribution in [2.75, 3.05) is 5.75 Å². The van der Waals surface area contributed by atoms with Gasteiger partial charge in [0, 0.05) is 11.9 Å². The van der Waals surface area contributed by atoms with Crippen LogP contribution in [-0.2, 0) is 7.05 Å². The van der Waals surface area contributed by atoms with Gasteiger partial charge in [0.15, 0.2) is 0 Å². The lowest BCUT2D eigenvalue weighted by atomic mass is 10.2. The van der Waals surface area contributed by atoms with E-state index < -0.39 is 17.7 Å².